The summed E-state index contributed by atoms with van der Waals surface area (Å²) in [5.74, 6) is -0.309. The molecule has 0 aromatic carbocycles. The van der Waals surface area contributed by atoms with Crippen LogP contribution in [-0.2, 0) is 14.3 Å². The summed E-state index contributed by atoms with van der Waals surface area (Å²) in [6, 6.07) is 0. The van der Waals surface area contributed by atoms with E-state index in [-0.39, 0.29) is 5.97 Å². The maximum atomic E-state index is 10.9. The number of allylic oxidation sites excluding steroid dienone is 2. The van der Waals surface area contributed by atoms with Gasteiger partial charge in [-0.1, -0.05) is 38.0 Å². The minimum atomic E-state index is -0.309. The van der Waals surface area contributed by atoms with Crippen LogP contribution in [0.15, 0.2) is 24.3 Å². The Kier molecular flexibility index (Phi) is 11.2. The predicted molar refractivity (Wildman–Crippen MR) is 65.3 cm³/mol. The van der Waals surface area contributed by atoms with Gasteiger partial charge in [0.05, 0.1) is 13.2 Å². The first kappa shape index (κ1) is 14.9. The van der Waals surface area contributed by atoms with E-state index in [1.54, 1.807) is 19.1 Å². The highest BCUT2D eigenvalue weighted by Crippen LogP contribution is 1.94. The number of esters is 1. The van der Waals surface area contributed by atoms with E-state index in [9.17, 15) is 4.79 Å². The van der Waals surface area contributed by atoms with Crippen molar-refractivity contribution in [1.82, 2.24) is 0 Å². The fourth-order valence-electron chi connectivity index (χ4n) is 1.06. The van der Waals surface area contributed by atoms with Crippen LogP contribution in [0.1, 0.15) is 33.1 Å². The second-order valence-corrected chi connectivity index (χ2v) is 3.32. The number of hydrogen-bond acceptors (Lipinski definition) is 3. The molecule has 0 rings (SSSR count). The lowest BCUT2D eigenvalue weighted by atomic mass is 10.3. The van der Waals surface area contributed by atoms with Crippen molar-refractivity contribution in [1.29, 1.82) is 0 Å². The molecule has 0 saturated carbocycles. The zero-order chi connectivity index (χ0) is 12.1. The first-order chi connectivity index (χ1) is 7.81. The van der Waals surface area contributed by atoms with Crippen molar-refractivity contribution in [2.75, 3.05) is 19.8 Å². The van der Waals surface area contributed by atoms with Crippen molar-refractivity contribution < 1.29 is 14.3 Å². The van der Waals surface area contributed by atoms with Crippen molar-refractivity contribution in [3.05, 3.63) is 24.3 Å². The van der Waals surface area contributed by atoms with E-state index < -0.39 is 0 Å². The van der Waals surface area contributed by atoms with Crippen LogP contribution < -0.4 is 0 Å². The molecular weight excluding hydrogens is 204 g/mol. The molecule has 0 aliphatic carbocycles. The van der Waals surface area contributed by atoms with Crippen LogP contribution in [0.4, 0.5) is 0 Å². The van der Waals surface area contributed by atoms with Gasteiger partial charge < -0.3 is 9.47 Å². The van der Waals surface area contributed by atoms with Crippen LogP contribution in [0.25, 0.3) is 0 Å². The van der Waals surface area contributed by atoms with E-state index in [0.717, 1.165) is 13.0 Å². The van der Waals surface area contributed by atoms with Gasteiger partial charge in [0.1, 0.15) is 0 Å². The Morgan fingerprint density at radius 1 is 1.19 bits per heavy atom. The second-order valence-electron chi connectivity index (χ2n) is 3.32. The number of hydrogen-bond donors (Lipinski definition) is 0. The molecule has 0 atom stereocenters. The number of rotatable bonds is 9. The predicted octanol–water partition coefficient (Wildman–Crippen LogP) is 2.87. The number of carbonyl (C=O) groups excluding carboxylic acids is 1. The molecule has 0 radical (unpaired) electrons. The van der Waals surface area contributed by atoms with Gasteiger partial charge >= 0.3 is 5.97 Å². The lowest BCUT2D eigenvalue weighted by molar-refractivity contribution is -0.137. The molecule has 0 N–H and O–H groups in total. The first-order valence-corrected chi connectivity index (χ1v) is 5.89. The van der Waals surface area contributed by atoms with Crippen molar-refractivity contribution in [2.24, 2.45) is 0 Å². The summed E-state index contributed by atoms with van der Waals surface area (Å²) >= 11 is 0. The molecule has 0 spiro atoms. The Bertz CT molecular complexity index is 219. The molecule has 92 valence electrons. The molecule has 3 heteroatoms. The summed E-state index contributed by atoms with van der Waals surface area (Å²) in [5, 5.41) is 0. The molecule has 0 aliphatic heterocycles. The number of ether oxygens (including phenoxy) is 2. The van der Waals surface area contributed by atoms with Crippen LogP contribution in [0.2, 0.25) is 0 Å². The van der Waals surface area contributed by atoms with Crippen LogP contribution in [-0.4, -0.2) is 25.8 Å². The normalized spacial score (nSPS) is 11.4. The molecule has 16 heavy (non-hydrogen) atoms. The van der Waals surface area contributed by atoms with Crippen LogP contribution >= 0.6 is 0 Å². The Balaban J connectivity index is 3.36. The third-order valence-electron chi connectivity index (χ3n) is 1.87. The first-order valence-electron chi connectivity index (χ1n) is 5.89. The van der Waals surface area contributed by atoms with E-state index in [1.807, 2.05) is 6.08 Å². The maximum absolute atomic E-state index is 10.9. The van der Waals surface area contributed by atoms with Crippen LogP contribution in [0.5, 0.6) is 0 Å². The van der Waals surface area contributed by atoms with Gasteiger partial charge in [0, 0.05) is 12.7 Å². The van der Waals surface area contributed by atoms with Gasteiger partial charge in [0.2, 0.25) is 0 Å². The summed E-state index contributed by atoms with van der Waals surface area (Å²) in [6.45, 7) is 5.76. The van der Waals surface area contributed by atoms with Crippen molar-refractivity contribution in [3.8, 4) is 0 Å². The second kappa shape index (κ2) is 12.0. The monoisotopic (exact) mass is 226 g/mol. The summed E-state index contributed by atoms with van der Waals surface area (Å²) in [7, 11) is 0. The van der Waals surface area contributed by atoms with E-state index in [0.29, 0.717) is 13.2 Å². The molecule has 0 aromatic rings. The zero-order valence-electron chi connectivity index (χ0n) is 10.3. The van der Waals surface area contributed by atoms with E-state index in [1.165, 1.54) is 18.9 Å². The Morgan fingerprint density at radius 3 is 2.69 bits per heavy atom. The van der Waals surface area contributed by atoms with Crippen molar-refractivity contribution in [2.45, 2.75) is 33.1 Å². The lowest BCUT2D eigenvalue weighted by Gasteiger charge is -1.98. The van der Waals surface area contributed by atoms with Gasteiger partial charge in [-0.2, -0.15) is 0 Å². The van der Waals surface area contributed by atoms with Crippen molar-refractivity contribution >= 4 is 5.97 Å². The SMILES string of the molecule is CCCCCOC/C=C/C=C/C(=O)OCC. The highest BCUT2D eigenvalue weighted by molar-refractivity contribution is 5.82. The highest BCUT2D eigenvalue weighted by Gasteiger charge is 1.90. The highest BCUT2D eigenvalue weighted by atomic mass is 16.5. The van der Waals surface area contributed by atoms with Gasteiger partial charge in [-0.15, -0.1) is 0 Å². The summed E-state index contributed by atoms with van der Waals surface area (Å²) < 4.78 is 10.1. The molecule has 0 saturated heterocycles. The summed E-state index contributed by atoms with van der Waals surface area (Å²) in [6.07, 6.45) is 10.3. The maximum Gasteiger partial charge on any atom is 0.330 e. The molecule has 0 fully saturated rings. The number of unbranched alkanes of at least 4 members (excludes halogenated alkanes) is 2. The fourth-order valence-corrected chi connectivity index (χ4v) is 1.06. The molecular formula is C13H22O3. The molecule has 0 heterocycles. The van der Waals surface area contributed by atoms with E-state index >= 15 is 0 Å². The molecule has 3 nitrogen and oxygen atoms in total. The molecule has 0 aliphatic rings. The van der Waals surface area contributed by atoms with Crippen molar-refractivity contribution in [3.63, 3.8) is 0 Å². The van der Waals surface area contributed by atoms with Gasteiger partial charge in [0.15, 0.2) is 0 Å². The largest absolute Gasteiger partial charge is 0.463 e. The summed E-state index contributed by atoms with van der Waals surface area (Å²) in [4.78, 5) is 10.9. The van der Waals surface area contributed by atoms with Crippen LogP contribution in [0, 0.1) is 0 Å². The smallest absolute Gasteiger partial charge is 0.330 e. The number of carbonyl (C=O) groups is 1. The quantitative estimate of drug-likeness (QED) is 0.262. The minimum absolute atomic E-state index is 0.309. The van der Waals surface area contributed by atoms with Gasteiger partial charge in [-0.05, 0) is 13.3 Å². The Labute approximate surface area is 98.1 Å². The molecule has 0 bridgehead atoms. The third kappa shape index (κ3) is 11.0. The third-order valence-corrected chi connectivity index (χ3v) is 1.87. The molecule has 0 aromatic heterocycles. The van der Waals surface area contributed by atoms with Gasteiger partial charge in [-0.3, -0.25) is 0 Å². The fraction of sp³-hybridized carbons (Fsp3) is 0.615. The van der Waals surface area contributed by atoms with E-state index in [2.05, 4.69) is 6.92 Å². The standard InChI is InChI=1S/C13H22O3/c1-3-5-8-11-15-12-9-6-7-10-13(14)16-4-2/h6-7,9-10H,3-5,8,11-12H2,1-2H3/b9-6+,10-7+. The van der Waals surface area contributed by atoms with Gasteiger partial charge in [0.25, 0.3) is 0 Å². The topological polar surface area (TPSA) is 35.5 Å². The Morgan fingerprint density at radius 2 is 2.00 bits per heavy atom. The average Bonchev–Trinajstić information content (AvgIpc) is 2.27. The minimum Gasteiger partial charge on any atom is -0.463 e. The zero-order valence-corrected chi connectivity index (χ0v) is 10.3. The Hall–Kier alpha value is -1.09. The lowest BCUT2D eigenvalue weighted by Crippen LogP contribution is -1.98. The van der Waals surface area contributed by atoms with E-state index in [4.69, 9.17) is 9.47 Å². The molecule has 0 amide bonds. The molecule has 0 unspecified atom stereocenters. The van der Waals surface area contributed by atoms with Gasteiger partial charge in [-0.25, -0.2) is 4.79 Å². The summed E-state index contributed by atoms with van der Waals surface area (Å²) in [5.41, 5.74) is 0. The van der Waals surface area contributed by atoms with Crippen LogP contribution in [0.3, 0.4) is 0 Å². The average molecular weight is 226 g/mol.